The first-order valence-corrected chi connectivity index (χ1v) is 12.2. The molecule has 0 spiro atoms. The van der Waals surface area contributed by atoms with Gasteiger partial charge >= 0.3 is 0 Å². The van der Waals surface area contributed by atoms with E-state index in [2.05, 4.69) is 18.7 Å². The summed E-state index contributed by atoms with van der Waals surface area (Å²) in [7, 11) is 0. The quantitative estimate of drug-likeness (QED) is 0.296. The highest BCUT2D eigenvalue weighted by molar-refractivity contribution is 6.46. The van der Waals surface area contributed by atoms with Crippen molar-refractivity contribution in [2.45, 2.75) is 40.7 Å². The molecule has 0 saturated carbocycles. The van der Waals surface area contributed by atoms with Crippen molar-refractivity contribution in [3.8, 4) is 11.5 Å². The lowest BCUT2D eigenvalue weighted by Crippen LogP contribution is -2.38. The number of hydrogen-bond acceptors (Lipinski definition) is 6. The highest BCUT2D eigenvalue weighted by atomic mass is 16.5. The molecular weight excluding hydrogens is 444 g/mol. The van der Waals surface area contributed by atoms with Crippen LogP contribution in [0, 0.1) is 12.8 Å². The minimum Gasteiger partial charge on any atom is -0.508 e. The topological polar surface area (TPSA) is 90.3 Å². The van der Waals surface area contributed by atoms with E-state index in [9.17, 15) is 19.8 Å². The van der Waals surface area contributed by atoms with E-state index in [1.165, 1.54) is 17.0 Å². The lowest BCUT2D eigenvalue weighted by atomic mass is 9.94. The van der Waals surface area contributed by atoms with Crippen molar-refractivity contribution in [3.63, 3.8) is 0 Å². The molecule has 1 saturated heterocycles. The van der Waals surface area contributed by atoms with Gasteiger partial charge in [0.15, 0.2) is 0 Å². The number of hydrogen-bond donors (Lipinski definition) is 2. The van der Waals surface area contributed by atoms with Crippen LogP contribution in [-0.4, -0.2) is 64.5 Å². The molecule has 0 radical (unpaired) electrons. The van der Waals surface area contributed by atoms with Gasteiger partial charge in [0.1, 0.15) is 17.3 Å². The highest BCUT2D eigenvalue weighted by Crippen LogP contribution is 2.40. The number of rotatable bonds is 10. The Bertz CT molecular complexity index is 1090. The number of ketones is 1. The van der Waals surface area contributed by atoms with Gasteiger partial charge in [-0.1, -0.05) is 39.8 Å². The Labute approximate surface area is 207 Å². The summed E-state index contributed by atoms with van der Waals surface area (Å²) in [5, 5.41) is 21.1. The molecule has 1 fully saturated rings. The van der Waals surface area contributed by atoms with E-state index >= 15 is 0 Å². The second kappa shape index (κ2) is 11.4. The Balaban J connectivity index is 2.05. The first-order chi connectivity index (χ1) is 16.7. The normalized spacial score (nSPS) is 17.6. The summed E-state index contributed by atoms with van der Waals surface area (Å²) in [5.74, 6) is -0.407. The lowest BCUT2D eigenvalue weighted by Gasteiger charge is -2.28. The number of aromatic hydroxyl groups is 1. The summed E-state index contributed by atoms with van der Waals surface area (Å²) >= 11 is 0. The van der Waals surface area contributed by atoms with Crippen LogP contribution < -0.4 is 4.74 Å². The number of aliphatic hydroxyl groups is 1. The van der Waals surface area contributed by atoms with E-state index in [1.807, 2.05) is 26.8 Å². The van der Waals surface area contributed by atoms with Gasteiger partial charge in [0.2, 0.25) is 0 Å². The molecule has 1 atom stereocenters. The van der Waals surface area contributed by atoms with Crippen molar-refractivity contribution in [3.05, 3.63) is 64.7 Å². The van der Waals surface area contributed by atoms with Gasteiger partial charge in [-0.15, -0.1) is 0 Å². The van der Waals surface area contributed by atoms with Gasteiger partial charge in [-0.05, 0) is 67.4 Å². The second-order valence-electron chi connectivity index (χ2n) is 9.29. The Morgan fingerprint density at radius 1 is 1.09 bits per heavy atom. The summed E-state index contributed by atoms with van der Waals surface area (Å²) in [6.45, 7) is 13.2. The molecule has 0 bridgehead atoms. The van der Waals surface area contributed by atoms with Crippen molar-refractivity contribution in [2.75, 3.05) is 32.8 Å². The summed E-state index contributed by atoms with van der Waals surface area (Å²) in [6, 6.07) is 11.0. The number of likely N-dealkylation sites (N-methyl/N-ethyl adjacent to an activating group) is 1. The second-order valence-corrected chi connectivity index (χ2v) is 9.29. The Morgan fingerprint density at radius 2 is 1.74 bits per heavy atom. The predicted octanol–water partition coefficient (Wildman–Crippen LogP) is 4.50. The molecule has 7 nitrogen and oxygen atoms in total. The molecule has 0 aliphatic carbocycles. The smallest absolute Gasteiger partial charge is 0.295 e. The molecular formula is C28H36N2O5. The Hall–Kier alpha value is -3.32. The lowest BCUT2D eigenvalue weighted by molar-refractivity contribution is -0.140. The fraction of sp³-hybridized carbons (Fsp3) is 0.429. The first-order valence-electron chi connectivity index (χ1n) is 12.2. The van der Waals surface area contributed by atoms with Crippen molar-refractivity contribution >= 4 is 17.4 Å². The number of likely N-dealkylation sites (tertiary alicyclic amines) is 1. The van der Waals surface area contributed by atoms with Crippen molar-refractivity contribution in [2.24, 2.45) is 5.92 Å². The van der Waals surface area contributed by atoms with Crippen LogP contribution in [0.5, 0.6) is 11.5 Å². The Morgan fingerprint density at radius 3 is 2.31 bits per heavy atom. The number of amides is 1. The average Bonchev–Trinajstić information content (AvgIpc) is 3.08. The fourth-order valence-corrected chi connectivity index (χ4v) is 4.30. The number of aryl methyl sites for hydroxylation is 1. The van der Waals surface area contributed by atoms with Crippen LogP contribution in [0.15, 0.2) is 48.0 Å². The average molecular weight is 481 g/mol. The largest absolute Gasteiger partial charge is 0.508 e. The van der Waals surface area contributed by atoms with Crippen LogP contribution in [0.2, 0.25) is 0 Å². The zero-order valence-electron chi connectivity index (χ0n) is 21.2. The molecule has 2 aromatic rings. The number of phenols is 1. The molecule has 0 unspecified atom stereocenters. The maximum atomic E-state index is 13.2. The maximum absolute atomic E-state index is 13.2. The number of Topliss-reactive ketones (excluding diaryl/α,β-unsaturated/α-hetero) is 1. The zero-order chi connectivity index (χ0) is 25.7. The molecule has 7 heteroatoms. The fourth-order valence-electron chi connectivity index (χ4n) is 4.30. The molecule has 1 aliphatic heterocycles. The number of carbonyl (C=O) groups is 2. The summed E-state index contributed by atoms with van der Waals surface area (Å²) in [5.41, 5.74) is 1.92. The van der Waals surface area contributed by atoms with E-state index in [1.54, 1.807) is 24.3 Å². The van der Waals surface area contributed by atoms with Crippen LogP contribution >= 0.6 is 0 Å². The number of nitrogens with zero attached hydrogens (tertiary/aromatic N) is 2. The number of carbonyl (C=O) groups excluding carboxylic acids is 2. The molecule has 1 aliphatic rings. The minimum atomic E-state index is -0.748. The molecule has 35 heavy (non-hydrogen) atoms. The predicted molar refractivity (Wildman–Crippen MR) is 136 cm³/mol. The Kier molecular flexibility index (Phi) is 8.57. The van der Waals surface area contributed by atoms with E-state index in [-0.39, 0.29) is 17.1 Å². The zero-order valence-corrected chi connectivity index (χ0v) is 21.2. The van der Waals surface area contributed by atoms with E-state index in [0.29, 0.717) is 42.5 Å². The minimum absolute atomic E-state index is 0.0548. The highest BCUT2D eigenvalue weighted by Gasteiger charge is 2.46. The third-order valence-corrected chi connectivity index (χ3v) is 6.34. The van der Waals surface area contributed by atoms with Crippen LogP contribution in [0.4, 0.5) is 0 Å². The molecule has 2 N–H and O–H groups in total. The monoisotopic (exact) mass is 480 g/mol. The number of benzene rings is 2. The van der Waals surface area contributed by atoms with Gasteiger partial charge in [0.25, 0.3) is 11.7 Å². The first kappa shape index (κ1) is 26.3. The third-order valence-electron chi connectivity index (χ3n) is 6.34. The summed E-state index contributed by atoms with van der Waals surface area (Å²) < 4.78 is 5.79. The van der Waals surface area contributed by atoms with E-state index in [4.69, 9.17) is 4.74 Å². The van der Waals surface area contributed by atoms with Crippen LogP contribution in [0.1, 0.15) is 50.4 Å². The molecule has 1 heterocycles. The van der Waals surface area contributed by atoms with E-state index in [0.717, 1.165) is 18.7 Å². The number of aliphatic hydroxyl groups excluding tert-OH is 1. The van der Waals surface area contributed by atoms with E-state index < -0.39 is 17.7 Å². The summed E-state index contributed by atoms with van der Waals surface area (Å²) in [6.07, 6.45) is 0. The van der Waals surface area contributed by atoms with Crippen molar-refractivity contribution in [1.82, 2.24) is 9.80 Å². The molecule has 3 rings (SSSR count). The molecule has 2 aromatic carbocycles. The van der Waals surface area contributed by atoms with Crippen LogP contribution in [0.3, 0.4) is 0 Å². The maximum Gasteiger partial charge on any atom is 0.295 e. The number of phenolic OH excluding ortho intramolecular Hbond substituents is 1. The molecule has 188 valence electrons. The van der Waals surface area contributed by atoms with Gasteiger partial charge in [-0.3, -0.25) is 9.59 Å². The third kappa shape index (κ3) is 5.85. The molecule has 1 amide bonds. The summed E-state index contributed by atoms with van der Waals surface area (Å²) in [4.78, 5) is 30.0. The van der Waals surface area contributed by atoms with Crippen LogP contribution in [-0.2, 0) is 9.59 Å². The van der Waals surface area contributed by atoms with Crippen molar-refractivity contribution in [1.29, 1.82) is 0 Å². The number of ether oxygens (including phenoxy) is 1. The standard InChI is InChI=1S/C28H36N2O5/c1-6-29(7-2)14-15-30-25(20-8-10-21(31)11-9-20)24(27(33)28(30)34)26(32)23-13-12-22(16-19(23)5)35-17-18(3)4/h8-13,16,18,25,31-32H,6-7,14-15,17H2,1-5H3/t25-/m1/s1. The molecule has 0 aromatic heterocycles. The van der Waals surface area contributed by atoms with Gasteiger partial charge < -0.3 is 24.7 Å². The van der Waals surface area contributed by atoms with Crippen molar-refractivity contribution < 1.29 is 24.5 Å². The van der Waals surface area contributed by atoms with Gasteiger partial charge in [-0.2, -0.15) is 0 Å². The van der Waals surface area contributed by atoms with Crippen LogP contribution in [0.25, 0.3) is 5.76 Å². The van der Waals surface area contributed by atoms with Gasteiger partial charge in [-0.25, -0.2) is 0 Å². The van der Waals surface area contributed by atoms with Gasteiger partial charge in [0.05, 0.1) is 18.2 Å². The van der Waals surface area contributed by atoms with Gasteiger partial charge in [0, 0.05) is 18.7 Å². The SMILES string of the molecule is CCN(CC)CCN1C(=O)C(=O)C(=C(O)c2ccc(OCC(C)C)cc2C)[C@H]1c1ccc(O)cc1.